The van der Waals surface area contributed by atoms with Crippen molar-refractivity contribution in [3.05, 3.63) is 95.7 Å². The minimum absolute atomic E-state index is 0.00988. The standard InChI is InChI=1S/C25H18F3N3O3/c26-25(27,28)19-7-4-8-20(14-19)29-22(32)15-31-23(33)21(30-24(31)34)13-16-9-11-18(12-10-16)17-5-2-1-3-6-17/h1-14H,15H2,(H,29,32)(H,30,34)/b21-13-. The molecule has 1 fully saturated rings. The number of nitrogens with one attached hydrogen (secondary N) is 2. The molecule has 1 aliphatic rings. The minimum atomic E-state index is -4.56. The van der Waals surface area contributed by atoms with E-state index in [0.717, 1.165) is 29.3 Å². The van der Waals surface area contributed by atoms with Gasteiger partial charge in [0.25, 0.3) is 5.91 Å². The molecule has 34 heavy (non-hydrogen) atoms. The van der Waals surface area contributed by atoms with Crippen molar-refractivity contribution in [3.8, 4) is 11.1 Å². The van der Waals surface area contributed by atoms with Gasteiger partial charge in [0.2, 0.25) is 5.91 Å². The zero-order chi connectivity index (χ0) is 24.3. The lowest BCUT2D eigenvalue weighted by atomic mass is 10.0. The summed E-state index contributed by atoms with van der Waals surface area (Å²) in [6, 6.07) is 20.3. The third-order valence-electron chi connectivity index (χ3n) is 5.07. The zero-order valence-electron chi connectivity index (χ0n) is 17.6. The van der Waals surface area contributed by atoms with Gasteiger partial charge in [0.15, 0.2) is 0 Å². The van der Waals surface area contributed by atoms with Crippen LogP contribution < -0.4 is 10.6 Å². The number of rotatable bonds is 5. The van der Waals surface area contributed by atoms with E-state index in [2.05, 4.69) is 10.6 Å². The molecular formula is C25H18F3N3O3. The first-order chi connectivity index (χ1) is 16.2. The fraction of sp³-hybridized carbons (Fsp3) is 0.0800. The van der Waals surface area contributed by atoms with E-state index in [1.165, 1.54) is 12.1 Å². The van der Waals surface area contributed by atoms with Crippen LogP contribution in [0.4, 0.5) is 23.7 Å². The average molecular weight is 465 g/mol. The summed E-state index contributed by atoms with van der Waals surface area (Å²) in [5.74, 6) is -1.52. The summed E-state index contributed by atoms with van der Waals surface area (Å²) >= 11 is 0. The Morgan fingerprint density at radius 1 is 0.912 bits per heavy atom. The molecule has 0 spiro atoms. The maximum atomic E-state index is 12.8. The van der Waals surface area contributed by atoms with Crippen molar-refractivity contribution in [1.29, 1.82) is 0 Å². The van der Waals surface area contributed by atoms with E-state index in [0.29, 0.717) is 10.5 Å². The summed E-state index contributed by atoms with van der Waals surface area (Å²) < 4.78 is 38.5. The summed E-state index contributed by atoms with van der Waals surface area (Å²) in [6.07, 6.45) is -3.08. The molecule has 0 saturated carbocycles. The highest BCUT2D eigenvalue weighted by Gasteiger charge is 2.35. The third-order valence-corrected chi connectivity index (χ3v) is 5.07. The van der Waals surface area contributed by atoms with Gasteiger partial charge in [-0.2, -0.15) is 13.2 Å². The summed E-state index contributed by atoms with van der Waals surface area (Å²) in [7, 11) is 0. The number of carbonyl (C=O) groups excluding carboxylic acids is 3. The van der Waals surface area contributed by atoms with Gasteiger partial charge in [-0.3, -0.25) is 9.59 Å². The van der Waals surface area contributed by atoms with Crippen molar-refractivity contribution in [2.75, 3.05) is 11.9 Å². The number of hydrogen-bond acceptors (Lipinski definition) is 3. The Hall–Kier alpha value is -4.40. The molecule has 0 atom stereocenters. The Balaban J connectivity index is 1.42. The number of hydrogen-bond donors (Lipinski definition) is 2. The van der Waals surface area contributed by atoms with E-state index in [1.807, 2.05) is 42.5 Å². The van der Waals surface area contributed by atoms with E-state index in [9.17, 15) is 27.6 Å². The second kappa shape index (κ2) is 9.22. The first-order valence-electron chi connectivity index (χ1n) is 10.2. The molecule has 0 radical (unpaired) electrons. The molecule has 3 aromatic carbocycles. The Bertz CT molecular complexity index is 1270. The van der Waals surface area contributed by atoms with Crippen LogP contribution in [-0.2, 0) is 15.8 Å². The molecule has 1 heterocycles. The van der Waals surface area contributed by atoms with Crippen LogP contribution >= 0.6 is 0 Å². The highest BCUT2D eigenvalue weighted by molar-refractivity contribution is 6.15. The van der Waals surface area contributed by atoms with Crippen LogP contribution in [0.15, 0.2) is 84.6 Å². The van der Waals surface area contributed by atoms with Crippen molar-refractivity contribution in [1.82, 2.24) is 10.2 Å². The first-order valence-corrected chi connectivity index (χ1v) is 10.2. The zero-order valence-corrected chi connectivity index (χ0v) is 17.6. The van der Waals surface area contributed by atoms with Crippen LogP contribution in [0.5, 0.6) is 0 Å². The molecule has 2 N–H and O–H groups in total. The molecule has 4 rings (SSSR count). The molecule has 0 aromatic heterocycles. The Morgan fingerprint density at radius 2 is 1.59 bits per heavy atom. The van der Waals surface area contributed by atoms with Gasteiger partial charge >= 0.3 is 12.2 Å². The molecule has 3 aromatic rings. The molecule has 6 nitrogen and oxygen atoms in total. The lowest BCUT2D eigenvalue weighted by molar-refractivity contribution is -0.137. The van der Waals surface area contributed by atoms with E-state index in [4.69, 9.17) is 0 Å². The summed E-state index contributed by atoms with van der Waals surface area (Å²) in [5, 5.41) is 4.69. The fourth-order valence-corrected chi connectivity index (χ4v) is 3.40. The summed E-state index contributed by atoms with van der Waals surface area (Å²) in [4.78, 5) is 37.8. The van der Waals surface area contributed by atoms with Crippen LogP contribution in [0.1, 0.15) is 11.1 Å². The van der Waals surface area contributed by atoms with Crippen molar-refractivity contribution in [2.45, 2.75) is 6.18 Å². The van der Waals surface area contributed by atoms with Crippen molar-refractivity contribution >= 4 is 29.6 Å². The van der Waals surface area contributed by atoms with Gasteiger partial charge in [-0.05, 0) is 41.0 Å². The van der Waals surface area contributed by atoms with Crippen LogP contribution in [0.25, 0.3) is 17.2 Å². The summed E-state index contributed by atoms with van der Waals surface area (Å²) in [6.45, 7) is -0.648. The van der Waals surface area contributed by atoms with Gasteiger partial charge in [-0.1, -0.05) is 60.7 Å². The molecular weight excluding hydrogens is 447 g/mol. The number of imide groups is 1. The minimum Gasteiger partial charge on any atom is -0.325 e. The highest BCUT2D eigenvalue weighted by Crippen LogP contribution is 2.30. The number of nitrogens with zero attached hydrogens (tertiary/aromatic N) is 1. The number of amides is 4. The maximum Gasteiger partial charge on any atom is 0.416 e. The van der Waals surface area contributed by atoms with Gasteiger partial charge in [-0.25, -0.2) is 9.69 Å². The van der Waals surface area contributed by atoms with Crippen molar-refractivity contribution < 1.29 is 27.6 Å². The molecule has 4 amide bonds. The molecule has 0 bridgehead atoms. The van der Waals surface area contributed by atoms with E-state index in [1.54, 1.807) is 12.1 Å². The Labute approximate surface area is 192 Å². The number of benzene rings is 3. The molecule has 9 heteroatoms. The quantitative estimate of drug-likeness (QED) is 0.416. The van der Waals surface area contributed by atoms with Gasteiger partial charge in [0.1, 0.15) is 12.2 Å². The van der Waals surface area contributed by atoms with Crippen LogP contribution in [0.2, 0.25) is 0 Å². The van der Waals surface area contributed by atoms with Gasteiger partial charge < -0.3 is 10.6 Å². The normalized spacial score (nSPS) is 14.9. The number of alkyl halides is 3. The first kappa shape index (κ1) is 22.8. The molecule has 0 aliphatic carbocycles. The smallest absolute Gasteiger partial charge is 0.325 e. The third kappa shape index (κ3) is 5.15. The van der Waals surface area contributed by atoms with Crippen molar-refractivity contribution in [3.63, 3.8) is 0 Å². The molecule has 0 unspecified atom stereocenters. The largest absolute Gasteiger partial charge is 0.416 e. The lowest BCUT2D eigenvalue weighted by Crippen LogP contribution is -2.38. The number of anilines is 1. The van der Waals surface area contributed by atoms with Crippen LogP contribution in [0.3, 0.4) is 0 Å². The van der Waals surface area contributed by atoms with E-state index < -0.39 is 36.1 Å². The highest BCUT2D eigenvalue weighted by atomic mass is 19.4. The van der Waals surface area contributed by atoms with Gasteiger partial charge in [0, 0.05) is 5.69 Å². The lowest BCUT2D eigenvalue weighted by Gasteiger charge is -2.13. The number of urea groups is 1. The monoisotopic (exact) mass is 465 g/mol. The topological polar surface area (TPSA) is 78.5 Å². The van der Waals surface area contributed by atoms with Crippen LogP contribution in [0, 0.1) is 0 Å². The molecule has 172 valence electrons. The SMILES string of the molecule is O=C(CN1C(=O)N/C(=C\c2ccc(-c3ccccc3)cc2)C1=O)Nc1cccc(C(F)(F)F)c1. The number of carbonyl (C=O) groups is 3. The maximum absolute atomic E-state index is 12.8. The van der Waals surface area contributed by atoms with Gasteiger partial charge in [-0.15, -0.1) is 0 Å². The predicted octanol–water partition coefficient (Wildman–Crippen LogP) is 4.90. The van der Waals surface area contributed by atoms with Gasteiger partial charge in [0.05, 0.1) is 5.56 Å². The second-order valence-electron chi connectivity index (χ2n) is 7.49. The molecule has 1 aliphatic heterocycles. The predicted molar refractivity (Wildman–Crippen MR) is 120 cm³/mol. The van der Waals surface area contributed by atoms with Crippen LogP contribution in [-0.4, -0.2) is 29.3 Å². The fourth-order valence-electron chi connectivity index (χ4n) is 3.40. The second-order valence-corrected chi connectivity index (χ2v) is 7.49. The number of halogens is 3. The summed E-state index contributed by atoms with van der Waals surface area (Å²) in [5.41, 5.74) is 1.65. The Kier molecular flexibility index (Phi) is 6.18. The Morgan fingerprint density at radius 3 is 2.26 bits per heavy atom. The molecule has 1 saturated heterocycles. The average Bonchev–Trinajstić information content (AvgIpc) is 3.07. The van der Waals surface area contributed by atoms with E-state index in [-0.39, 0.29) is 11.4 Å². The van der Waals surface area contributed by atoms with Crippen molar-refractivity contribution in [2.24, 2.45) is 0 Å². The van der Waals surface area contributed by atoms with E-state index >= 15 is 0 Å².